The van der Waals surface area contributed by atoms with Gasteiger partial charge in [0.2, 0.25) is 0 Å². The van der Waals surface area contributed by atoms with Gasteiger partial charge in [-0.05, 0) is 171 Å². The summed E-state index contributed by atoms with van der Waals surface area (Å²) in [6, 6.07) is 0. The van der Waals surface area contributed by atoms with Crippen LogP contribution < -0.4 is 0 Å². The van der Waals surface area contributed by atoms with Crippen molar-refractivity contribution in [1.29, 1.82) is 0 Å². The van der Waals surface area contributed by atoms with Crippen molar-refractivity contribution in [3.8, 4) is 0 Å². The molecule has 0 radical (unpaired) electrons. The van der Waals surface area contributed by atoms with Gasteiger partial charge in [0, 0.05) is 37.3 Å². The first-order valence-corrected chi connectivity index (χ1v) is 24.7. The van der Waals surface area contributed by atoms with Gasteiger partial charge in [-0.2, -0.15) is 0 Å². The summed E-state index contributed by atoms with van der Waals surface area (Å²) in [5.74, 6) is -1.78. The highest BCUT2D eigenvalue weighted by atomic mass is 16.6. The number of hydrogen-bond donors (Lipinski definition) is 2. The summed E-state index contributed by atoms with van der Waals surface area (Å²) in [5.41, 5.74) is -1.65. The zero-order chi connectivity index (χ0) is 48.5. The van der Waals surface area contributed by atoms with Crippen LogP contribution >= 0.6 is 0 Å². The highest BCUT2D eigenvalue weighted by molar-refractivity contribution is 5.84. The third-order valence-corrected chi connectivity index (χ3v) is 15.0. The molecule has 18 nitrogen and oxygen atoms in total. The van der Waals surface area contributed by atoms with E-state index < -0.39 is 22.8 Å². The minimum absolute atomic E-state index is 0.0493. The van der Waals surface area contributed by atoms with E-state index >= 15 is 0 Å². The van der Waals surface area contributed by atoms with Crippen LogP contribution in [0.2, 0.25) is 0 Å². The Morgan fingerprint density at radius 1 is 0.591 bits per heavy atom. The Bertz CT molecular complexity index is 1650. The normalized spacial score (nSPS) is 25.2. The van der Waals surface area contributed by atoms with Crippen molar-refractivity contribution in [2.24, 2.45) is 22.7 Å². The Balaban J connectivity index is 0.000000249. The zero-order valence-corrected chi connectivity index (χ0v) is 41.4. The van der Waals surface area contributed by atoms with E-state index in [1.807, 2.05) is 9.80 Å². The summed E-state index contributed by atoms with van der Waals surface area (Å²) in [6.07, 6.45) is 4.86. The third-order valence-electron chi connectivity index (χ3n) is 15.0. The van der Waals surface area contributed by atoms with Crippen molar-refractivity contribution in [2.45, 2.75) is 143 Å². The predicted octanol–water partition coefficient (Wildman–Crippen LogP) is 4.88. The number of cyclic esters (lactones) is 2. The third kappa shape index (κ3) is 14.6. The summed E-state index contributed by atoms with van der Waals surface area (Å²) < 4.78 is 21.7. The maximum Gasteiger partial charge on any atom is 0.410 e. The van der Waals surface area contributed by atoms with Crippen LogP contribution in [0.25, 0.3) is 0 Å². The first kappa shape index (κ1) is 53.2. The number of ether oxygens (including phenoxy) is 4. The minimum atomic E-state index is -1.19. The lowest BCUT2D eigenvalue weighted by Crippen LogP contribution is -2.48. The van der Waals surface area contributed by atoms with E-state index in [2.05, 4.69) is 61.1 Å². The molecule has 6 heterocycles. The van der Waals surface area contributed by atoms with Gasteiger partial charge in [-0.15, -0.1) is 0 Å². The summed E-state index contributed by atoms with van der Waals surface area (Å²) in [4.78, 5) is 85.6. The molecule has 0 aromatic carbocycles. The van der Waals surface area contributed by atoms with Crippen LogP contribution in [-0.2, 0) is 38.1 Å². The number of esters is 2. The SMILES string of the molecule is CC(C)(C)N1CCC(CN2CC(CN3CCC(CC(=O)O)(C(=O)O)CC3)OC2=O)CC1.CCOC(=O)CC1(C(=O)OCC)CCN(CC2CN(CC3CCN(C(C)(C)C)CC3)C(=O)O2)CC1. The molecule has 2 unspecified atom stereocenters. The molecule has 6 saturated heterocycles. The largest absolute Gasteiger partial charge is 0.481 e. The van der Waals surface area contributed by atoms with E-state index in [4.69, 9.17) is 24.1 Å². The number of amides is 2. The Hall–Kier alpha value is -3.74. The van der Waals surface area contributed by atoms with Crippen LogP contribution in [0.3, 0.4) is 0 Å². The first-order chi connectivity index (χ1) is 31.0. The molecule has 6 aliphatic rings. The number of carboxylic acids is 2. The number of likely N-dealkylation sites (tertiary alicyclic amines) is 4. The van der Waals surface area contributed by atoms with Gasteiger partial charge in [-0.25, -0.2) is 9.59 Å². The molecular weight excluding hydrogens is 853 g/mol. The average Bonchev–Trinajstić information content (AvgIpc) is 3.77. The molecule has 0 aliphatic carbocycles. The van der Waals surface area contributed by atoms with Crippen LogP contribution in [0.15, 0.2) is 0 Å². The maximum atomic E-state index is 12.7. The Morgan fingerprint density at radius 3 is 1.33 bits per heavy atom. The van der Waals surface area contributed by atoms with Crippen molar-refractivity contribution in [3.63, 3.8) is 0 Å². The first-order valence-electron chi connectivity index (χ1n) is 24.7. The fraction of sp³-hybridized carbons (Fsp3) is 0.875. The second kappa shape index (κ2) is 23.0. The van der Waals surface area contributed by atoms with E-state index in [1.165, 1.54) is 0 Å². The molecule has 6 aliphatic heterocycles. The van der Waals surface area contributed by atoms with Crippen molar-refractivity contribution >= 4 is 36.1 Å². The van der Waals surface area contributed by atoms with E-state index in [9.17, 15) is 33.9 Å². The molecule has 0 aromatic heterocycles. The van der Waals surface area contributed by atoms with Gasteiger partial charge in [-0.3, -0.25) is 38.8 Å². The number of hydrogen-bond acceptors (Lipinski definition) is 14. The fourth-order valence-electron chi connectivity index (χ4n) is 10.7. The Labute approximate surface area is 392 Å². The Morgan fingerprint density at radius 2 is 0.985 bits per heavy atom. The summed E-state index contributed by atoms with van der Waals surface area (Å²) in [6.45, 7) is 28.0. The topological polar surface area (TPSA) is 199 Å². The highest BCUT2D eigenvalue weighted by Gasteiger charge is 2.47. The summed E-state index contributed by atoms with van der Waals surface area (Å²) in [7, 11) is 0. The molecule has 0 aromatic rings. The number of rotatable bonds is 16. The second-order valence-electron chi connectivity index (χ2n) is 21.8. The number of aliphatic carboxylic acids is 2. The number of carbonyl (C=O) groups excluding carboxylic acids is 4. The molecule has 0 saturated carbocycles. The van der Waals surface area contributed by atoms with Crippen molar-refractivity contribution < 1.29 is 57.9 Å². The molecule has 6 fully saturated rings. The quantitative estimate of drug-likeness (QED) is 0.157. The number of nitrogens with zero attached hydrogens (tertiary/aromatic N) is 6. The average molecular weight is 935 g/mol. The van der Waals surface area contributed by atoms with E-state index in [1.54, 1.807) is 13.8 Å². The van der Waals surface area contributed by atoms with Crippen molar-refractivity contribution in [1.82, 2.24) is 29.4 Å². The molecule has 66 heavy (non-hydrogen) atoms. The van der Waals surface area contributed by atoms with Crippen molar-refractivity contribution in [3.05, 3.63) is 0 Å². The highest BCUT2D eigenvalue weighted by Crippen LogP contribution is 2.38. The van der Waals surface area contributed by atoms with Gasteiger partial charge in [0.1, 0.15) is 12.2 Å². The summed E-state index contributed by atoms with van der Waals surface area (Å²) in [5, 5.41) is 18.6. The van der Waals surface area contributed by atoms with E-state index in [0.717, 1.165) is 65.0 Å². The molecule has 18 heteroatoms. The lowest BCUT2D eigenvalue weighted by Gasteiger charge is -2.41. The molecule has 2 N–H and O–H groups in total. The maximum absolute atomic E-state index is 12.7. The number of carboxylic acid groups (broad SMARTS) is 2. The standard InChI is InChI=1S/C26H45N3O6.C22H37N3O6/c1-6-33-22(30)16-26(23(31)34-7-2)10-14-27(15-11-26)18-21-19-28(24(32)35-21)17-20-8-12-29(13-9-20)25(3,4)5;1-21(2,3)25-8-4-16(5-9-25)13-24-15-17(31-20(24)30)14-23-10-6-22(7-11-23,19(28)29)12-18(26)27/h20-21H,6-19H2,1-5H3;16-17H,4-15H2,1-3H3,(H,26,27)(H,28,29). The molecular formula is C48H82N6O12. The lowest BCUT2D eigenvalue weighted by molar-refractivity contribution is -0.165. The van der Waals surface area contributed by atoms with Crippen LogP contribution in [-0.4, -0.2) is 204 Å². The van der Waals surface area contributed by atoms with Gasteiger partial charge in [0.05, 0.1) is 50.0 Å². The molecule has 6 rings (SSSR count). The summed E-state index contributed by atoms with van der Waals surface area (Å²) >= 11 is 0. The van der Waals surface area contributed by atoms with Crippen LogP contribution in [0, 0.1) is 22.7 Å². The van der Waals surface area contributed by atoms with Gasteiger partial charge in [-0.1, -0.05) is 0 Å². The van der Waals surface area contributed by atoms with Crippen LogP contribution in [0.5, 0.6) is 0 Å². The molecule has 2 atom stereocenters. The monoisotopic (exact) mass is 935 g/mol. The Kier molecular flexibility index (Phi) is 18.6. The predicted molar refractivity (Wildman–Crippen MR) is 246 cm³/mol. The van der Waals surface area contributed by atoms with Crippen LogP contribution in [0.4, 0.5) is 9.59 Å². The smallest absolute Gasteiger partial charge is 0.410 e. The van der Waals surface area contributed by atoms with Gasteiger partial charge in [0.25, 0.3) is 0 Å². The zero-order valence-electron chi connectivity index (χ0n) is 41.4. The van der Waals surface area contributed by atoms with Gasteiger partial charge in [0.15, 0.2) is 0 Å². The molecule has 2 amide bonds. The second-order valence-corrected chi connectivity index (χ2v) is 21.8. The van der Waals surface area contributed by atoms with Crippen LogP contribution in [0.1, 0.15) is 120 Å². The molecule has 0 spiro atoms. The van der Waals surface area contributed by atoms with Crippen molar-refractivity contribution in [2.75, 3.05) is 105 Å². The number of carbonyl (C=O) groups is 6. The van der Waals surface area contributed by atoms with E-state index in [-0.39, 0.29) is 66.9 Å². The number of piperidine rings is 4. The minimum Gasteiger partial charge on any atom is -0.481 e. The molecule has 0 bridgehead atoms. The molecule has 376 valence electrons. The van der Waals surface area contributed by atoms with Gasteiger partial charge >= 0.3 is 36.1 Å². The lowest BCUT2D eigenvalue weighted by atomic mass is 9.75. The van der Waals surface area contributed by atoms with E-state index in [0.29, 0.717) is 96.5 Å². The van der Waals surface area contributed by atoms with Gasteiger partial charge < -0.3 is 39.0 Å². The fourth-order valence-corrected chi connectivity index (χ4v) is 10.7.